The van der Waals surface area contributed by atoms with E-state index in [4.69, 9.17) is 15.3 Å². The van der Waals surface area contributed by atoms with Crippen LogP contribution in [-0.2, 0) is 6.61 Å². The second-order valence-electron chi connectivity index (χ2n) is 4.54. The topological polar surface area (TPSA) is 82.3 Å². The van der Waals surface area contributed by atoms with Crippen molar-refractivity contribution in [3.8, 4) is 11.5 Å². The molecule has 3 N–H and O–H groups in total. The van der Waals surface area contributed by atoms with Crippen LogP contribution in [0.15, 0.2) is 30.3 Å². The van der Waals surface area contributed by atoms with Gasteiger partial charge in [-0.25, -0.2) is 15.8 Å². The quantitative estimate of drug-likeness (QED) is 0.601. The molecule has 0 radical (unpaired) electrons. The molecule has 1 heterocycles. The molecule has 0 aliphatic carbocycles. The second kappa shape index (κ2) is 7.44. The van der Waals surface area contributed by atoms with E-state index in [-0.39, 0.29) is 6.61 Å². The van der Waals surface area contributed by atoms with Gasteiger partial charge < -0.3 is 14.9 Å². The number of ether oxygens (including phenoxy) is 2. The molecular formula is C15H20N4O2. The van der Waals surface area contributed by atoms with E-state index in [2.05, 4.69) is 22.3 Å². The summed E-state index contributed by atoms with van der Waals surface area (Å²) in [6.07, 6.45) is 0.945. The average Bonchev–Trinajstić information content (AvgIpc) is 2.51. The number of para-hydroxylation sites is 2. The average molecular weight is 288 g/mol. The fourth-order valence-corrected chi connectivity index (χ4v) is 1.81. The molecule has 21 heavy (non-hydrogen) atoms. The Balaban J connectivity index is 2.07. The molecule has 0 aliphatic heterocycles. The lowest BCUT2D eigenvalue weighted by atomic mass is 10.3. The number of benzene rings is 1. The van der Waals surface area contributed by atoms with Gasteiger partial charge in [-0.15, -0.1) is 0 Å². The lowest BCUT2D eigenvalue weighted by molar-refractivity contribution is 0.256. The Hall–Kier alpha value is -2.34. The van der Waals surface area contributed by atoms with Gasteiger partial charge in [0, 0.05) is 11.8 Å². The highest BCUT2D eigenvalue weighted by molar-refractivity contribution is 5.39. The van der Waals surface area contributed by atoms with E-state index >= 15 is 0 Å². The summed E-state index contributed by atoms with van der Waals surface area (Å²) in [7, 11) is 0. The number of rotatable bonds is 7. The Labute approximate surface area is 124 Å². The number of hydrogen-bond donors (Lipinski definition) is 2. The number of aryl methyl sites for hydroxylation is 1. The van der Waals surface area contributed by atoms with Crippen molar-refractivity contribution in [2.75, 3.05) is 12.0 Å². The summed E-state index contributed by atoms with van der Waals surface area (Å²) in [5.41, 5.74) is 3.34. The predicted octanol–water partition coefficient (Wildman–Crippen LogP) is 2.44. The molecule has 0 amide bonds. The maximum Gasteiger partial charge on any atom is 0.168 e. The van der Waals surface area contributed by atoms with Crippen molar-refractivity contribution in [3.05, 3.63) is 41.9 Å². The molecular weight excluding hydrogens is 268 g/mol. The molecule has 0 bridgehead atoms. The predicted molar refractivity (Wildman–Crippen MR) is 81.1 cm³/mol. The monoisotopic (exact) mass is 288 g/mol. The zero-order valence-corrected chi connectivity index (χ0v) is 12.3. The fraction of sp³-hybridized carbons (Fsp3) is 0.333. The van der Waals surface area contributed by atoms with E-state index in [0.29, 0.717) is 24.0 Å². The van der Waals surface area contributed by atoms with Crippen LogP contribution in [0.5, 0.6) is 11.5 Å². The third-order valence-electron chi connectivity index (χ3n) is 2.72. The van der Waals surface area contributed by atoms with Gasteiger partial charge in [0.25, 0.3) is 0 Å². The molecule has 0 saturated carbocycles. The molecule has 0 unspecified atom stereocenters. The van der Waals surface area contributed by atoms with E-state index in [9.17, 15) is 0 Å². The number of nitrogens with one attached hydrogen (secondary N) is 1. The largest absolute Gasteiger partial charge is 0.490 e. The first kappa shape index (κ1) is 15.1. The molecule has 0 atom stereocenters. The minimum absolute atomic E-state index is 0.253. The van der Waals surface area contributed by atoms with Crippen molar-refractivity contribution < 1.29 is 9.47 Å². The minimum atomic E-state index is 0.253. The Morgan fingerprint density at radius 3 is 2.52 bits per heavy atom. The SMILES string of the molecule is CCCOc1ccccc1OCc1nc(C)cc(NN)n1. The van der Waals surface area contributed by atoms with Crippen LogP contribution in [0.25, 0.3) is 0 Å². The van der Waals surface area contributed by atoms with Gasteiger partial charge in [0.05, 0.1) is 6.61 Å². The molecule has 2 rings (SSSR count). The van der Waals surface area contributed by atoms with Gasteiger partial charge in [-0.3, -0.25) is 0 Å². The Kier molecular flexibility index (Phi) is 5.34. The summed E-state index contributed by atoms with van der Waals surface area (Å²) in [5, 5.41) is 0. The Bertz CT molecular complexity index is 590. The van der Waals surface area contributed by atoms with Gasteiger partial charge in [0.2, 0.25) is 0 Å². The highest BCUT2D eigenvalue weighted by Gasteiger charge is 2.07. The standard InChI is InChI=1S/C15H20N4O2/c1-3-8-20-12-6-4-5-7-13(12)21-10-15-17-11(2)9-14(18-15)19-16/h4-7,9H,3,8,10,16H2,1-2H3,(H,17,18,19). The first-order valence-electron chi connectivity index (χ1n) is 6.88. The van der Waals surface area contributed by atoms with Crippen LogP contribution in [0, 0.1) is 6.92 Å². The van der Waals surface area contributed by atoms with E-state index in [1.54, 1.807) is 6.07 Å². The van der Waals surface area contributed by atoms with Crippen LogP contribution >= 0.6 is 0 Å². The van der Waals surface area contributed by atoms with E-state index in [1.165, 1.54) is 0 Å². The number of nitrogens with zero attached hydrogens (tertiary/aromatic N) is 2. The molecule has 0 fully saturated rings. The molecule has 112 valence electrons. The summed E-state index contributed by atoms with van der Waals surface area (Å²) in [4.78, 5) is 8.56. The molecule has 6 heteroatoms. The summed E-state index contributed by atoms with van der Waals surface area (Å²) >= 11 is 0. The van der Waals surface area contributed by atoms with Crippen molar-refractivity contribution in [2.45, 2.75) is 26.9 Å². The summed E-state index contributed by atoms with van der Waals surface area (Å²) in [6.45, 7) is 4.85. The summed E-state index contributed by atoms with van der Waals surface area (Å²) in [6, 6.07) is 9.33. The van der Waals surface area contributed by atoms with Gasteiger partial charge in [0.15, 0.2) is 17.3 Å². The van der Waals surface area contributed by atoms with Crippen LogP contribution in [0.3, 0.4) is 0 Å². The van der Waals surface area contributed by atoms with Crippen LogP contribution in [0.4, 0.5) is 5.82 Å². The minimum Gasteiger partial charge on any atom is -0.490 e. The van der Waals surface area contributed by atoms with Gasteiger partial charge in [0.1, 0.15) is 12.4 Å². The smallest absolute Gasteiger partial charge is 0.168 e. The number of nitrogen functional groups attached to an aromatic ring is 1. The number of anilines is 1. The van der Waals surface area contributed by atoms with Crippen molar-refractivity contribution in [3.63, 3.8) is 0 Å². The van der Waals surface area contributed by atoms with Crippen molar-refractivity contribution >= 4 is 5.82 Å². The van der Waals surface area contributed by atoms with Gasteiger partial charge >= 0.3 is 0 Å². The van der Waals surface area contributed by atoms with E-state index in [1.807, 2.05) is 31.2 Å². The van der Waals surface area contributed by atoms with Crippen LogP contribution in [0.2, 0.25) is 0 Å². The number of hydrogen-bond acceptors (Lipinski definition) is 6. The Morgan fingerprint density at radius 1 is 1.14 bits per heavy atom. The molecule has 1 aromatic heterocycles. The second-order valence-corrected chi connectivity index (χ2v) is 4.54. The van der Waals surface area contributed by atoms with Gasteiger partial charge in [-0.2, -0.15) is 0 Å². The first-order chi connectivity index (χ1) is 10.2. The molecule has 0 spiro atoms. The maximum atomic E-state index is 5.76. The zero-order chi connectivity index (χ0) is 15.1. The lowest BCUT2D eigenvalue weighted by Crippen LogP contribution is -2.12. The van der Waals surface area contributed by atoms with Crippen molar-refractivity contribution in [1.82, 2.24) is 9.97 Å². The van der Waals surface area contributed by atoms with E-state index < -0.39 is 0 Å². The number of nitrogens with two attached hydrogens (primary N) is 1. The molecule has 2 aromatic rings. The summed E-state index contributed by atoms with van der Waals surface area (Å²) < 4.78 is 11.4. The molecule has 6 nitrogen and oxygen atoms in total. The first-order valence-corrected chi connectivity index (χ1v) is 6.88. The maximum absolute atomic E-state index is 5.76. The van der Waals surface area contributed by atoms with Crippen LogP contribution < -0.4 is 20.7 Å². The molecule has 1 aromatic carbocycles. The number of aromatic nitrogens is 2. The zero-order valence-electron chi connectivity index (χ0n) is 12.3. The fourth-order valence-electron chi connectivity index (χ4n) is 1.81. The summed E-state index contributed by atoms with van der Waals surface area (Å²) in [5.74, 6) is 7.91. The normalized spacial score (nSPS) is 10.2. The molecule has 0 saturated heterocycles. The highest BCUT2D eigenvalue weighted by Crippen LogP contribution is 2.27. The third-order valence-corrected chi connectivity index (χ3v) is 2.72. The van der Waals surface area contributed by atoms with Crippen LogP contribution in [0.1, 0.15) is 24.9 Å². The van der Waals surface area contributed by atoms with E-state index in [0.717, 1.165) is 17.9 Å². The highest BCUT2D eigenvalue weighted by atomic mass is 16.5. The lowest BCUT2D eigenvalue weighted by Gasteiger charge is -2.12. The Morgan fingerprint density at radius 2 is 1.86 bits per heavy atom. The number of hydrazine groups is 1. The van der Waals surface area contributed by atoms with Gasteiger partial charge in [-0.1, -0.05) is 19.1 Å². The van der Waals surface area contributed by atoms with Crippen molar-refractivity contribution in [1.29, 1.82) is 0 Å². The third kappa shape index (κ3) is 4.32. The molecule has 0 aliphatic rings. The van der Waals surface area contributed by atoms with Crippen LogP contribution in [-0.4, -0.2) is 16.6 Å². The van der Waals surface area contributed by atoms with Crippen molar-refractivity contribution in [2.24, 2.45) is 5.84 Å². The van der Waals surface area contributed by atoms with Gasteiger partial charge in [-0.05, 0) is 25.5 Å².